The monoisotopic (exact) mass is 572 g/mol. The third kappa shape index (κ3) is 6.93. The molecular weight excluding hydrogens is 544 g/mol. The van der Waals surface area contributed by atoms with E-state index in [1.807, 2.05) is 0 Å². The van der Waals surface area contributed by atoms with Crippen LogP contribution >= 0.6 is 11.6 Å². The van der Waals surface area contributed by atoms with Crippen LogP contribution in [-0.2, 0) is 26.0 Å². The van der Waals surface area contributed by atoms with Crippen LogP contribution in [0.4, 0.5) is 0 Å². The van der Waals surface area contributed by atoms with Crippen molar-refractivity contribution in [2.75, 3.05) is 13.1 Å². The van der Waals surface area contributed by atoms with Gasteiger partial charge < -0.3 is 15.0 Å². The van der Waals surface area contributed by atoms with E-state index in [1.165, 1.54) is 25.3 Å². The molecule has 39 heavy (non-hydrogen) atoms. The Balaban J connectivity index is 1.49. The van der Waals surface area contributed by atoms with Gasteiger partial charge in [0, 0.05) is 43.3 Å². The van der Waals surface area contributed by atoms with Gasteiger partial charge >= 0.3 is 0 Å². The maximum Gasteiger partial charge on any atom is 0.260 e. The molecule has 12 heteroatoms. The molecule has 1 atom stereocenters. The first-order chi connectivity index (χ1) is 18.7. The summed E-state index contributed by atoms with van der Waals surface area (Å²) in [7, 11) is -4.00. The number of amides is 2. The molecule has 1 saturated heterocycles. The number of sulfone groups is 1. The quantitative estimate of drug-likeness (QED) is 0.261. The summed E-state index contributed by atoms with van der Waals surface area (Å²) in [5, 5.41) is 12.8. The van der Waals surface area contributed by atoms with Crippen molar-refractivity contribution in [3.8, 4) is 11.5 Å². The molecule has 1 aromatic heterocycles. The van der Waals surface area contributed by atoms with Gasteiger partial charge in [0.1, 0.15) is 11.5 Å². The van der Waals surface area contributed by atoms with Crippen LogP contribution in [0.25, 0.3) is 0 Å². The van der Waals surface area contributed by atoms with Crippen LogP contribution in [0.1, 0.15) is 25.3 Å². The summed E-state index contributed by atoms with van der Waals surface area (Å²) in [5.74, 6) is 0.201. The summed E-state index contributed by atoms with van der Waals surface area (Å²) in [6.45, 7) is 2.52. The molecule has 1 aliphatic rings. The molecule has 2 amide bonds. The number of halogens is 1. The number of hydrogen-bond acceptors (Lipinski definition) is 8. The molecule has 2 aromatic carbocycles. The standard InChI is InChI=1S/C27H29ClN4O6S/c1-18(33)32-15-12-19(13-16-32)25(26(34)31-35)30-17-20-3-2-14-29-27(20)39(36,37)24-10-8-23(9-11-24)38-22-6-4-21(28)5-7-22/h2-11,14,19,25,30,35H,12-13,15-17H2,1H3,(H,31,34)/t25-/m1/s1. The molecule has 0 radical (unpaired) electrons. The molecule has 4 rings (SSSR count). The zero-order chi connectivity index (χ0) is 28.0. The molecule has 3 aromatic rings. The van der Waals surface area contributed by atoms with Gasteiger partial charge in [0.05, 0.1) is 10.9 Å². The highest BCUT2D eigenvalue weighted by molar-refractivity contribution is 7.91. The first-order valence-corrected chi connectivity index (χ1v) is 14.2. The average molecular weight is 573 g/mol. The minimum Gasteiger partial charge on any atom is -0.457 e. The number of benzene rings is 2. The third-order valence-corrected chi connectivity index (χ3v) is 8.67. The first kappa shape index (κ1) is 28.5. The van der Waals surface area contributed by atoms with Crippen LogP contribution in [0, 0.1) is 5.92 Å². The molecule has 206 valence electrons. The van der Waals surface area contributed by atoms with Gasteiger partial charge in [-0.3, -0.25) is 14.8 Å². The van der Waals surface area contributed by atoms with Crippen LogP contribution in [0.5, 0.6) is 11.5 Å². The summed E-state index contributed by atoms with van der Waals surface area (Å²) in [4.78, 5) is 30.0. The Labute approximate surface area is 231 Å². The van der Waals surface area contributed by atoms with E-state index in [-0.39, 0.29) is 28.3 Å². The second-order valence-corrected chi connectivity index (χ2v) is 11.5. The molecule has 0 unspecified atom stereocenters. The number of aromatic nitrogens is 1. The Morgan fingerprint density at radius 1 is 1.08 bits per heavy atom. The molecular formula is C27H29ClN4O6S. The van der Waals surface area contributed by atoms with E-state index in [2.05, 4.69) is 10.3 Å². The number of nitrogens with one attached hydrogen (secondary N) is 2. The predicted molar refractivity (Wildman–Crippen MR) is 143 cm³/mol. The number of hydrogen-bond donors (Lipinski definition) is 3. The van der Waals surface area contributed by atoms with Crippen LogP contribution in [-0.4, -0.2) is 54.5 Å². The molecule has 1 aliphatic heterocycles. The lowest BCUT2D eigenvalue weighted by atomic mass is 9.88. The fraction of sp³-hybridized carbons (Fsp3) is 0.296. The van der Waals surface area contributed by atoms with Crippen molar-refractivity contribution < 1.29 is 28.0 Å². The summed E-state index contributed by atoms with van der Waals surface area (Å²) in [6.07, 6.45) is 2.52. The molecule has 0 bridgehead atoms. The molecule has 3 N–H and O–H groups in total. The number of pyridine rings is 1. The van der Waals surface area contributed by atoms with E-state index in [9.17, 15) is 23.2 Å². The van der Waals surface area contributed by atoms with E-state index in [1.54, 1.807) is 58.9 Å². The normalized spacial score (nSPS) is 15.0. The first-order valence-electron chi connectivity index (χ1n) is 12.3. The van der Waals surface area contributed by atoms with Crippen molar-refractivity contribution in [3.05, 3.63) is 77.4 Å². The van der Waals surface area contributed by atoms with E-state index in [0.717, 1.165) is 0 Å². The van der Waals surface area contributed by atoms with Crippen LogP contribution in [0.2, 0.25) is 5.02 Å². The number of carbonyl (C=O) groups excluding carboxylic acids is 2. The van der Waals surface area contributed by atoms with Gasteiger partial charge in [0.15, 0.2) is 5.03 Å². The predicted octanol–water partition coefficient (Wildman–Crippen LogP) is 3.58. The average Bonchev–Trinajstić information content (AvgIpc) is 2.95. The fourth-order valence-electron chi connectivity index (χ4n) is 4.55. The lowest BCUT2D eigenvalue weighted by Gasteiger charge is -2.35. The summed E-state index contributed by atoms with van der Waals surface area (Å²) in [6, 6.07) is 15.2. The van der Waals surface area contributed by atoms with Crippen LogP contribution < -0.4 is 15.5 Å². The number of nitrogens with zero attached hydrogens (tertiary/aromatic N) is 2. The maximum absolute atomic E-state index is 13.5. The Morgan fingerprint density at radius 3 is 2.28 bits per heavy atom. The van der Waals surface area contributed by atoms with Gasteiger partial charge in [-0.1, -0.05) is 17.7 Å². The van der Waals surface area contributed by atoms with E-state index in [0.29, 0.717) is 48.0 Å². The number of rotatable bonds is 9. The van der Waals surface area contributed by atoms with E-state index in [4.69, 9.17) is 16.3 Å². The molecule has 0 spiro atoms. The Bertz CT molecular complexity index is 1410. The summed E-state index contributed by atoms with van der Waals surface area (Å²) < 4.78 is 32.7. The maximum atomic E-state index is 13.5. The van der Waals surface area contributed by atoms with Gasteiger partial charge in [-0.05, 0) is 73.4 Å². The fourth-order valence-corrected chi connectivity index (χ4v) is 6.08. The van der Waals surface area contributed by atoms with Crippen molar-refractivity contribution >= 4 is 33.3 Å². The number of ether oxygens (including phenoxy) is 1. The second-order valence-electron chi connectivity index (χ2n) is 9.18. The zero-order valence-electron chi connectivity index (χ0n) is 21.2. The third-order valence-electron chi connectivity index (χ3n) is 6.65. The number of carbonyl (C=O) groups is 2. The minimum atomic E-state index is -4.00. The molecule has 2 heterocycles. The van der Waals surface area contributed by atoms with Gasteiger partial charge in [-0.15, -0.1) is 0 Å². The smallest absolute Gasteiger partial charge is 0.260 e. The Hall–Kier alpha value is -3.51. The van der Waals surface area contributed by atoms with Crippen molar-refractivity contribution in [1.29, 1.82) is 0 Å². The highest BCUT2D eigenvalue weighted by Gasteiger charge is 2.32. The highest BCUT2D eigenvalue weighted by atomic mass is 35.5. The molecule has 0 saturated carbocycles. The topological polar surface area (TPSA) is 138 Å². The van der Waals surface area contributed by atoms with Crippen molar-refractivity contribution in [2.45, 2.75) is 42.3 Å². The van der Waals surface area contributed by atoms with E-state index >= 15 is 0 Å². The van der Waals surface area contributed by atoms with E-state index < -0.39 is 21.8 Å². The van der Waals surface area contributed by atoms with Crippen LogP contribution in [0.3, 0.4) is 0 Å². The van der Waals surface area contributed by atoms with Crippen molar-refractivity contribution in [3.63, 3.8) is 0 Å². The lowest BCUT2D eigenvalue weighted by molar-refractivity contribution is -0.134. The Morgan fingerprint density at radius 2 is 1.69 bits per heavy atom. The number of piperidine rings is 1. The lowest BCUT2D eigenvalue weighted by Crippen LogP contribution is -2.51. The second kappa shape index (κ2) is 12.6. The van der Waals surface area contributed by atoms with Crippen molar-refractivity contribution in [1.82, 2.24) is 20.7 Å². The highest BCUT2D eigenvalue weighted by Crippen LogP contribution is 2.28. The van der Waals surface area contributed by atoms with Gasteiger partial charge in [-0.2, -0.15) is 0 Å². The SMILES string of the molecule is CC(=O)N1CCC([C@@H](NCc2cccnc2S(=O)(=O)c2ccc(Oc3ccc(Cl)cc3)cc2)C(=O)NO)CC1. The van der Waals surface area contributed by atoms with Crippen LogP contribution in [0.15, 0.2) is 76.8 Å². The zero-order valence-corrected chi connectivity index (χ0v) is 22.8. The number of likely N-dealkylation sites (tertiary alicyclic amines) is 1. The number of hydroxylamine groups is 1. The Kier molecular flexibility index (Phi) is 9.18. The minimum absolute atomic E-state index is 0.0190. The molecule has 1 fully saturated rings. The summed E-state index contributed by atoms with van der Waals surface area (Å²) in [5.41, 5.74) is 2.07. The summed E-state index contributed by atoms with van der Waals surface area (Å²) >= 11 is 5.90. The molecule has 0 aliphatic carbocycles. The van der Waals surface area contributed by atoms with Crippen molar-refractivity contribution in [2.24, 2.45) is 5.92 Å². The molecule has 10 nitrogen and oxygen atoms in total. The van der Waals surface area contributed by atoms with Gasteiger partial charge in [-0.25, -0.2) is 18.9 Å². The van der Waals surface area contributed by atoms with Gasteiger partial charge in [0.25, 0.3) is 5.91 Å². The largest absolute Gasteiger partial charge is 0.457 e. The van der Waals surface area contributed by atoms with Gasteiger partial charge in [0.2, 0.25) is 15.7 Å².